The molecule has 1 atom stereocenters. The minimum Gasteiger partial charge on any atom is -0.497 e. The summed E-state index contributed by atoms with van der Waals surface area (Å²) in [5.74, 6) is 1.19. The quantitative estimate of drug-likeness (QED) is 0.263. The molecule has 0 N–H and O–H groups in total. The van der Waals surface area contributed by atoms with E-state index in [0.29, 0.717) is 29.3 Å². The molecule has 3 heterocycles. The van der Waals surface area contributed by atoms with Crippen molar-refractivity contribution in [2.45, 2.75) is 25.5 Å². The van der Waals surface area contributed by atoms with Gasteiger partial charge < -0.3 is 19.1 Å². The smallest absolute Gasteiger partial charge is 0.264 e. The lowest BCUT2D eigenvalue weighted by Gasteiger charge is -2.26. The molecule has 0 radical (unpaired) electrons. The highest BCUT2D eigenvalue weighted by Crippen LogP contribution is 2.34. The molecule has 0 aliphatic carbocycles. The third kappa shape index (κ3) is 6.29. The zero-order valence-corrected chi connectivity index (χ0v) is 22.9. The first kappa shape index (κ1) is 26.9. The van der Waals surface area contributed by atoms with Crippen LogP contribution in [-0.4, -0.2) is 68.4 Å². The second-order valence-electron chi connectivity index (χ2n) is 9.16. The van der Waals surface area contributed by atoms with Crippen LogP contribution in [0.3, 0.4) is 0 Å². The molecule has 0 saturated carbocycles. The molecule has 1 fully saturated rings. The first-order chi connectivity index (χ1) is 18.8. The Hall–Kier alpha value is -3.74. The van der Waals surface area contributed by atoms with Crippen LogP contribution in [0.2, 0.25) is 0 Å². The van der Waals surface area contributed by atoms with E-state index in [0.717, 1.165) is 48.1 Å². The van der Waals surface area contributed by atoms with Crippen molar-refractivity contribution in [1.82, 2.24) is 19.7 Å². The Morgan fingerprint density at radius 3 is 2.51 bits per heavy atom. The third-order valence-electron chi connectivity index (χ3n) is 6.46. The summed E-state index contributed by atoms with van der Waals surface area (Å²) in [4.78, 5) is 11.5. The number of aromatic nitrogens is 4. The van der Waals surface area contributed by atoms with E-state index in [-0.39, 0.29) is 19.4 Å². The van der Waals surface area contributed by atoms with E-state index in [1.165, 1.54) is 0 Å². The molecule has 4 aromatic rings. The summed E-state index contributed by atoms with van der Waals surface area (Å²) >= 11 is 0. The van der Waals surface area contributed by atoms with Crippen LogP contribution in [-0.2, 0) is 19.0 Å². The number of fused-ring (bicyclic) bond motifs is 1. The topological polar surface area (TPSA) is 118 Å². The minimum atomic E-state index is -3.61. The van der Waals surface area contributed by atoms with Crippen LogP contribution < -0.4 is 14.4 Å². The van der Waals surface area contributed by atoms with E-state index in [1.807, 2.05) is 46.0 Å². The van der Waals surface area contributed by atoms with Crippen LogP contribution >= 0.6 is 0 Å². The van der Waals surface area contributed by atoms with Crippen molar-refractivity contribution in [3.63, 3.8) is 0 Å². The fourth-order valence-electron chi connectivity index (χ4n) is 4.59. The van der Waals surface area contributed by atoms with Crippen LogP contribution in [0.15, 0.2) is 54.9 Å². The Labute approximate surface area is 227 Å². The first-order valence-electron chi connectivity index (χ1n) is 12.6. The van der Waals surface area contributed by atoms with E-state index >= 15 is 0 Å². The van der Waals surface area contributed by atoms with Gasteiger partial charge in [0.2, 0.25) is 0 Å². The Morgan fingerprint density at radius 2 is 1.82 bits per heavy atom. The van der Waals surface area contributed by atoms with E-state index in [1.54, 1.807) is 32.7 Å². The summed E-state index contributed by atoms with van der Waals surface area (Å²) < 4.78 is 47.1. The highest BCUT2D eigenvalue weighted by atomic mass is 32.2. The molecule has 206 valence electrons. The van der Waals surface area contributed by atoms with Gasteiger partial charge in [-0.15, -0.1) is 0 Å². The molecule has 11 nitrogen and oxygen atoms in total. The molecule has 0 spiro atoms. The number of hydrogen-bond donors (Lipinski definition) is 0. The molecule has 2 aromatic carbocycles. The van der Waals surface area contributed by atoms with Crippen molar-refractivity contribution in [3.8, 4) is 22.9 Å². The van der Waals surface area contributed by atoms with Crippen molar-refractivity contribution >= 4 is 32.5 Å². The number of rotatable bonds is 10. The van der Waals surface area contributed by atoms with Crippen molar-refractivity contribution in [3.05, 3.63) is 54.9 Å². The van der Waals surface area contributed by atoms with Crippen molar-refractivity contribution in [2.75, 3.05) is 45.1 Å². The fourth-order valence-corrected chi connectivity index (χ4v) is 4.97. The molecule has 39 heavy (non-hydrogen) atoms. The largest absolute Gasteiger partial charge is 0.497 e. The maximum absolute atomic E-state index is 11.6. The summed E-state index contributed by atoms with van der Waals surface area (Å²) in [7, 11) is -0.455. The van der Waals surface area contributed by atoms with E-state index in [9.17, 15) is 8.42 Å². The lowest BCUT2D eigenvalue weighted by Crippen LogP contribution is -2.23. The van der Waals surface area contributed by atoms with Gasteiger partial charge in [0.15, 0.2) is 6.23 Å². The van der Waals surface area contributed by atoms with Gasteiger partial charge in [-0.25, -0.2) is 9.67 Å². The minimum absolute atomic E-state index is 0.0529. The van der Waals surface area contributed by atoms with Gasteiger partial charge >= 0.3 is 0 Å². The maximum Gasteiger partial charge on any atom is 0.264 e. The predicted octanol–water partition coefficient (Wildman–Crippen LogP) is 4.32. The fraction of sp³-hybridized carbons (Fsp3) is 0.370. The molecule has 1 aliphatic heterocycles. The van der Waals surface area contributed by atoms with Gasteiger partial charge in [0, 0.05) is 48.9 Å². The molecule has 12 heteroatoms. The second kappa shape index (κ2) is 11.6. The average Bonchev–Trinajstić information content (AvgIpc) is 3.44. The average molecular weight is 554 g/mol. The van der Waals surface area contributed by atoms with Gasteiger partial charge in [0.25, 0.3) is 10.1 Å². The van der Waals surface area contributed by atoms with Crippen molar-refractivity contribution in [1.29, 1.82) is 0 Å². The van der Waals surface area contributed by atoms with Crippen molar-refractivity contribution in [2.24, 2.45) is 0 Å². The van der Waals surface area contributed by atoms with E-state index in [2.05, 4.69) is 10.1 Å². The van der Waals surface area contributed by atoms with Crippen LogP contribution in [0.25, 0.3) is 22.4 Å². The molecular weight excluding hydrogens is 522 g/mol. The highest BCUT2D eigenvalue weighted by Gasteiger charge is 2.21. The number of hydrogen-bond acceptors (Lipinski definition) is 10. The number of anilines is 2. The standard InChI is InChI=1S/C27H31N5O6S/c1-35-21-14-20(15-22(17-21)36-2)31(11-13-38-39(3,33)34)19-7-8-23-24(16-19)30-25(18-28-23)26-9-10-29-32(26)27-6-4-5-12-37-27/h7-10,14-18,27H,4-6,11-13H2,1-3H3. The van der Waals surface area contributed by atoms with Gasteiger partial charge in [-0.3, -0.25) is 9.17 Å². The van der Waals surface area contributed by atoms with Crippen molar-refractivity contribution < 1.29 is 26.8 Å². The Morgan fingerprint density at radius 1 is 1.03 bits per heavy atom. The van der Waals surface area contributed by atoms with Crippen LogP contribution in [0.4, 0.5) is 11.4 Å². The summed E-state index contributed by atoms with van der Waals surface area (Å²) in [6.07, 6.45) is 7.43. The zero-order valence-electron chi connectivity index (χ0n) is 22.1. The van der Waals surface area contributed by atoms with Crippen LogP contribution in [0, 0.1) is 0 Å². The molecule has 1 unspecified atom stereocenters. The molecule has 2 aromatic heterocycles. The Balaban J connectivity index is 1.53. The zero-order chi connectivity index (χ0) is 27.4. The SMILES string of the molecule is COc1cc(OC)cc(N(CCOS(C)(=O)=O)c2ccc3ncc(-c4ccnn4C4CCCCO4)nc3c2)c1. The maximum atomic E-state index is 11.6. The number of benzene rings is 2. The number of ether oxygens (including phenoxy) is 3. The molecule has 1 aliphatic rings. The second-order valence-corrected chi connectivity index (χ2v) is 10.8. The highest BCUT2D eigenvalue weighted by molar-refractivity contribution is 7.85. The monoisotopic (exact) mass is 553 g/mol. The summed E-state index contributed by atoms with van der Waals surface area (Å²) in [6, 6.07) is 13.1. The van der Waals surface area contributed by atoms with Crippen LogP contribution in [0.1, 0.15) is 25.5 Å². The molecule has 0 bridgehead atoms. The molecular formula is C27H31N5O6S. The number of nitrogens with zero attached hydrogens (tertiary/aromatic N) is 5. The molecule has 5 rings (SSSR count). The van der Waals surface area contributed by atoms with Gasteiger partial charge in [0.05, 0.1) is 50.0 Å². The molecule has 0 amide bonds. The van der Waals surface area contributed by atoms with E-state index in [4.69, 9.17) is 23.4 Å². The van der Waals surface area contributed by atoms with Gasteiger partial charge in [-0.05, 0) is 43.5 Å². The lowest BCUT2D eigenvalue weighted by atomic mass is 10.1. The first-order valence-corrected chi connectivity index (χ1v) is 14.4. The predicted molar refractivity (Wildman–Crippen MR) is 147 cm³/mol. The van der Waals surface area contributed by atoms with Gasteiger partial charge in [0.1, 0.15) is 17.2 Å². The normalized spacial score (nSPS) is 15.8. The van der Waals surface area contributed by atoms with Gasteiger partial charge in [-0.1, -0.05) is 0 Å². The number of methoxy groups -OCH3 is 2. The lowest BCUT2D eigenvalue weighted by molar-refractivity contribution is -0.0384. The Kier molecular flexibility index (Phi) is 7.96. The summed E-state index contributed by atoms with van der Waals surface area (Å²) in [6.45, 7) is 0.904. The summed E-state index contributed by atoms with van der Waals surface area (Å²) in [5, 5.41) is 4.50. The molecule has 1 saturated heterocycles. The van der Waals surface area contributed by atoms with E-state index < -0.39 is 10.1 Å². The van der Waals surface area contributed by atoms with Gasteiger partial charge in [-0.2, -0.15) is 13.5 Å². The third-order valence-corrected chi connectivity index (χ3v) is 7.05. The van der Waals surface area contributed by atoms with Crippen LogP contribution in [0.5, 0.6) is 11.5 Å². The Bertz CT molecular complexity index is 1530. The summed E-state index contributed by atoms with van der Waals surface area (Å²) in [5.41, 5.74) is 4.41.